The zero-order chi connectivity index (χ0) is 24.5. The molecule has 0 unspecified atom stereocenters. The highest BCUT2D eigenvalue weighted by molar-refractivity contribution is 9.10. The molecule has 1 aromatic heterocycles. The van der Waals surface area contributed by atoms with Crippen LogP contribution in [0.3, 0.4) is 0 Å². The van der Waals surface area contributed by atoms with E-state index in [1.165, 1.54) is 13.3 Å². The Morgan fingerprint density at radius 1 is 1.29 bits per heavy atom. The molecule has 2 N–H and O–H groups in total. The van der Waals surface area contributed by atoms with Crippen LogP contribution in [0, 0.1) is 11.3 Å². The van der Waals surface area contributed by atoms with Crippen molar-refractivity contribution in [1.29, 1.82) is 5.26 Å². The van der Waals surface area contributed by atoms with Crippen molar-refractivity contribution in [3.8, 4) is 28.8 Å². The monoisotopic (exact) mass is 525 g/mol. The largest absolute Gasteiger partial charge is 0.493 e. The van der Waals surface area contributed by atoms with Crippen molar-refractivity contribution in [2.75, 3.05) is 25.7 Å². The number of benzene rings is 2. The lowest BCUT2D eigenvalue weighted by Crippen LogP contribution is -2.16. The van der Waals surface area contributed by atoms with E-state index in [0.29, 0.717) is 27.1 Å². The number of anilines is 1. The van der Waals surface area contributed by atoms with E-state index < -0.39 is 11.5 Å². The molecule has 3 rings (SSSR count). The van der Waals surface area contributed by atoms with E-state index in [1.807, 2.05) is 12.1 Å². The highest BCUT2D eigenvalue weighted by atomic mass is 79.9. The molecule has 2 aromatic carbocycles. The number of carbonyl (C=O) groups excluding carboxylic acids is 1. The summed E-state index contributed by atoms with van der Waals surface area (Å²) in [5.41, 5.74) is 3.49. The first kappa shape index (κ1) is 24.5. The van der Waals surface area contributed by atoms with Gasteiger partial charge < -0.3 is 14.2 Å². The van der Waals surface area contributed by atoms with Crippen molar-refractivity contribution < 1.29 is 19.0 Å². The molecule has 0 saturated heterocycles. The summed E-state index contributed by atoms with van der Waals surface area (Å²) in [6, 6.07) is 14.1. The fourth-order valence-corrected chi connectivity index (χ4v) is 3.28. The number of H-pyrrole nitrogens is 1. The Hall–Kier alpha value is -4.17. The van der Waals surface area contributed by atoms with Crippen LogP contribution in [0.25, 0.3) is 11.3 Å². The Balaban J connectivity index is 1.81. The SMILES string of the molecule is CCOC(=O)COc1cc(Br)c(C=NNc2nc(-c3ccccc3)c(C#N)c(=O)[nH]2)cc1OC. The van der Waals surface area contributed by atoms with Crippen LogP contribution in [0.5, 0.6) is 11.5 Å². The summed E-state index contributed by atoms with van der Waals surface area (Å²) in [6.07, 6.45) is 1.47. The Labute approximate surface area is 203 Å². The number of hydrogen-bond acceptors (Lipinski definition) is 9. The number of hydrogen-bond donors (Lipinski definition) is 2. The second-order valence-electron chi connectivity index (χ2n) is 6.60. The molecular weight excluding hydrogens is 506 g/mol. The average molecular weight is 526 g/mol. The van der Waals surface area contributed by atoms with Crippen LogP contribution in [-0.2, 0) is 9.53 Å². The minimum absolute atomic E-state index is 0.0663. The van der Waals surface area contributed by atoms with Gasteiger partial charge in [-0.25, -0.2) is 15.2 Å². The molecule has 0 radical (unpaired) electrons. The lowest BCUT2D eigenvalue weighted by molar-refractivity contribution is -0.145. The van der Waals surface area contributed by atoms with Gasteiger partial charge in [0.2, 0.25) is 5.95 Å². The second-order valence-corrected chi connectivity index (χ2v) is 7.46. The normalized spacial score (nSPS) is 10.5. The maximum atomic E-state index is 12.3. The third kappa shape index (κ3) is 5.99. The predicted molar refractivity (Wildman–Crippen MR) is 129 cm³/mol. The molecule has 10 nitrogen and oxygen atoms in total. The molecule has 0 aliphatic rings. The van der Waals surface area contributed by atoms with Gasteiger partial charge in [0.05, 0.1) is 25.6 Å². The van der Waals surface area contributed by atoms with Crippen molar-refractivity contribution in [1.82, 2.24) is 9.97 Å². The van der Waals surface area contributed by atoms with E-state index in [1.54, 1.807) is 43.3 Å². The summed E-state index contributed by atoms with van der Waals surface area (Å²) in [7, 11) is 1.47. The molecule has 0 spiro atoms. The number of aromatic amines is 1. The fraction of sp³-hybridized carbons (Fsp3) is 0.174. The molecule has 0 atom stereocenters. The number of aromatic nitrogens is 2. The molecule has 0 amide bonds. The molecular formula is C23H20BrN5O5. The summed E-state index contributed by atoms with van der Waals surface area (Å²) >= 11 is 3.43. The Kier molecular flexibility index (Phi) is 8.37. The van der Waals surface area contributed by atoms with Crippen LogP contribution in [0.2, 0.25) is 0 Å². The summed E-state index contributed by atoms with van der Waals surface area (Å²) in [5.74, 6) is 0.300. The molecule has 34 heavy (non-hydrogen) atoms. The number of nitrogens with zero attached hydrogens (tertiary/aromatic N) is 3. The van der Waals surface area contributed by atoms with Crippen LogP contribution in [-0.4, -0.2) is 42.5 Å². The van der Waals surface area contributed by atoms with Gasteiger partial charge in [0, 0.05) is 15.6 Å². The Bertz CT molecular complexity index is 1300. The zero-order valence-corrected chi connectivity index (χ0v) is 19.9. The van der Waals surface area contributed by atoms with E-state index >= 15 is 0 Å². The van der Waals surface area contributed by atoms with Crippen molar-refractivity contribution in [3.63, 3.8) is 0 Å². The van der Waals surface area contributed by atoms with Crippen LogP contribution in [0.4, 0.5) is 5.95 Å². The van der Waals surface area contributed by atoms with E-state index in [0.717, 1.165) is 0 Å². The second kappa shape index (κ2) is 11.6. The fourth-order valence-electron chi connectivity index (χ4n) is 2.86. The number of methoxy groups -OCH3 is 1. The number of nitrogens with one attached hydrogen (secondary N) is 2. The summed E-state index contributed by atoms with van der Waals surface area (Å²) in [6.45, 7) is 1.72. The van der Waals surface area contributed by atoms with E-state index in [4.69, 9.17) is 14.2 Å². The van der Waals surface area contributed by atoms with Crippen LogP contribution in [0.1, 0.15) is 18.1 Å². The molecule has 1 heterocycles. The summed E-state index contributed by atoms with van der Waals surface area (Å²) in [4.78, 5) is 30.7. The van der Waals surface area contributed by atoms with Gasteiger partial charge in [0.1, 0.15) is 11.6 Å². The number of esters is 1. The first-order chi connectivity index (χ1) is 16.5. The van der Waals surface area contributed by atoms with E-state index in [9.17, 15) is 14.9 Å². The van der Waals surface area contributed by atoms with Gasteiger partial charge in [0.25, 0.3) is 5.56 Å². The number of carbonyl (C=O) groups is 1. The van der Waals surface area contributed by atoms with E-state index in [-0.39, 0.29) is 30.4 Å². The quantitative estimate of drug-likeness (QED) is 0.246. The highest BCUT2D eigenvalue weighted by Gasteiger charge is 2.14. The standard InChI is InChI=1S/C23H20BrN5O5/c1-3-33-20(30)13-34-19-10-17(24)15(9-18(19)32-2)12-26-29-23-27-21(14-7-5-4-6-8-14)16(11-25)22(31)28-23/h4-10,12H,3,13H2,1-2H3,(H2,27,28,29,31). The first-order valence-electron chi connectivity index (χ1n) is 10.0. The molecule has 0 bridgehead atoms. The lowest BCUT2D eigenvalue weighted by Gasteiger charge is -2.12. The summed E-state index contributed by atoms with van der Waals surface area (Å²) < 4.78 is 16.3. The van der Waals surface area contributed by atoms with Crippen molar-refractivity contribution in [3.05, 3.63) is 68.4 Å². The average Bonchev–Trinajstić information content (AvgIpc) is 2.84. The van der Waals surface area contributed by atoms with Crippen LogP contribution < -0.4 is 20.5 Å². The van der Waals surface area contributed by atoms with Crippen LogP contribution in [0.15, 0.2) is 56.8 Å². The van der Waals surface area contributed by atoms with Crippen LogP contribution >= 0.6 is 15.9 Å². The minimum Gasteiger partial charge on any atom is -0.493 e. The topological polar surface area (TPSA) is 139 Å². The van der Waals surface area contributed by atoms with Crippen molar-refractivity contribution >= 4 is 34.1 Å². The minimum atomic E-state index is -0.583. The van der Waals surface area contributed by atoms with Gasteiger partial charge in [-0.3, -0.25) is 9.78 Å². The molecule has 3 aromatic rings. The first-order valence-corrected chi connectivity index (χ1v) is 10.8. The molecule has 0 saturated carbocycles. The van der Waals surface area contributed by atoms with Gasteiger partial charge in [-0.05, 0) is 35.0 Å². The van der Waals surface area contributed by atoms with Gasteiger partial charge in [-0.1, -0.05) is 30.3 Å². The number of rotatable bonds is 9. The third-order valence-electron chi connectivity index (χ3n) is 4.39. The zero-order valence-electron chi connectivity index (χ0n) is 18.3. The predicted octanol–water partition coefficient (Wildman–Crippen LogP) is 3.47. The van der Waals surface area contributed by atoms with Gasteiger partial charge in [-0.2, -0.15) is 10.4 Å². The lowest BCUT2D eigenvalue weighted by atomic mass is 10.1. The Morgan fingerprint density at radius 3 is 2.74 bits per heavy atom. The molecule has 0 aliphatic carbocycles. The van der Waals surface area contributed by atoms with Gasteiger partial charge in [-0.15, -0.1) is 0 Å². The van der Waals surface area contributed by atoms with Crippen molar-refractivity contribution in [2.45, 2.75) is 6.92 Å². The third-order valence-corrected chi connectivity index (χ3v) is 5.07. The maximum absolute atomic E-state index is 12.3. The molecule has 11 heteroatoms. The van der Waals surface area contributed by atoms with Gasteiger partial charge >= 0.3 is 5.97 Å². The number of hydrazone groups is 1. The molecule has 0 aliphatic heterocycles. The highest BCUT2D eigenvalue weighted by Crippen LogP contribution is 2.33. The van der Waals surface area contributed by atoms with Crippen molar-refractivity contribution in [2.24, 2.45) is 5.10 Å². The van der Waals surface area contributed by atoms with E-state index in [2.05, 4.69) is 36.4 Å². The number of halogens is 1. The molecule has 0 fully saturated rings. The molecule has 174 valence electrons. The maximum Gasteiger partial charge on any atom is 0.344 e. The number of nitriles is 1. The van der Waals surface area contributed by atoms with Gasteiger partial charge in [0.15, 0.2) is 18.1 Å². The smallest absolute Gasteiger partial charge is 0.344 e. The Morgan fingerprint density at radius 2 is 2.06 bits per heavy atom. The number of ether oxygens (including phenoxy) is 3. The summed E-state index contributed by atoms with van der Waals surface area (Å²) in [5, 5.41) is 13.5.